The largest absolute Gasteiger partial charge is 0.477 e. The van der Waals surface area contributed by atoms with Crippen molar-refractivity contribution in [3.05, 3.63) is 0 Å². The third kappa shape index (κ3) is 19.0. The molecule has 106 heavy (non-hydrogen) atoms. The number of amides is 4. The molecule has 47 nitrogen and oxygen atoms in total. The number of carboxylic acid groups (broad SMARTS) is 1. The van der Waals surface area contributed by atoms with E-state index in [1.54, 1.807) is 0 Å². The Bertz CT molecular complexity index is 2860. The zero-order valence-corrected chi connectivity index (χ0v) is 57.2. The molecule has 41 atom stereocenters. The molecule has 8 aliphatic heterocycles. The smallest absolute Gasteiger partial charge is 0.364 e. The standard InChI is InChI=1S/C59H98N4O43/c1-14-31(77)38(84)39(85)54(92-14)102-47-30(63-18(5)74)51(89)93-26(13-70)45(47)101-56-41(87)49(34(80)22(9-66)95-56)104-53-28(61-16(3)72)36(82)43(24(11-68)97-53)99-55-40(86)48(33(79)21(8-65)94-55)103-52-29(62-17(4)73)37(83)44(25(12-69)98-52)100-57-42(88)50(35(81)23(10-67)96-57)106-59(58(90)91)6-19(75)27(60-15(2)71)46(105-59)32(78)20(76)7-64/h14,19-57,64-70,75-89H,6-13H2,1-5H3,(H,60,71)(H,61,72)(H,62,73)(H,63,74)(H,90,91)/t14-,19-,20+,21+,22+,23+,24+,25+,26+,27+,28+,29+,30+,31+,32+,33-,34-,35-,36+,37+,38+,39-,40+,41+,42+,43+,44+,45+,46+,47+,48-,49-,50-,51+,52-,53-,54-,55-,56-,57-,59-/m0/s1. The molecular formula is C59H98N4O43. The van der Waals surface area contributed by atoms with Crippen molar-refractivity contribution in [1.29, 1.82) is 0 Å². The van der Waals surface area contributed by atoms with Crippen molar-refractivity contribution in [3.8, 4) is 0 Å². The van der Waals surface area contributed by atoms with Crippen LogP contribution in [0.1, 0.15) is 41.0 Å². The minimum absolute atomic E-state index is 0.816. The molecule has 27 N–H and O–H groups in total. The van der Waals surface area contributed by atoms with Crippen LogP contribution < -0.4 is 21.3 Å². The maximum atomic E-state index is 13.1. The Kier molecular flexibility index (Phi) is 30.9. The fraction of sp³-hybridized carbons (Fsp3) is 0.915. The second-order valence-electron chi connectivity index (χ2n) is 26.7. The first-order valence-electron chi connectivity index (χ1n) is 33.6. The number of carboxylic acids is 1. The topological polar surface area (TPSA) is 737 Å². The van der Waals surface area contributed by atoms with Crippen molar-refractivity contribution in [2.75, 3.05) is 46.2 Å². The summed E-state index contributed by atoms with van der Waals surface area (Å²) in [4.78, 5) is 63.6. The monoisotopic (exact) mass is 1550 g/mol. The van der Waals surface area contributed by atoms with Crippen molar-refractivity contribution in [2.45, 2.75) is 292 Å². The lowest BCUT2D eigenvalue weighted by Gasteiger charge is -2.51. The highest BCUT2D eigenvalue weighted by Crippen LogP contribution is 2.41. The first-order chi connectivity index (χ1) is 49.9. The average molecular weight is 1550 g/mol. The Morgan fingerprint density at radius 2 is 0.736 bits per heavy atom. The van der Waals surface area contributed by atoms with E-state index in [0.717, 1.165) is 27.7 Å². The van der Waals surface area contributed by atoms with Gasteiger partial charge in [0.15, 0.2) is 44.0 Å². The quantitative estimate of drug-likeness (QED) is 0.0346. The Morgan fingerprint density at radius 3 is 1.14 bits per heavy atom. The number of ether oxygens (including phenoxy) is 15. The molecule has 4 amide bonds. The molecule has 47 heteroatoms. The molecule has 0 unspecified atom stereocenters. The Labute approximate surface area is 600 Å². The van der Waals surface area contributed by atoms with Crippen molar-refractivity contribution >= 4 is 29.6 Å². The van der Waals surface area contributed by atoms with Crippen molar-refractivity contribution in [3.63, 3.8) is 0 Å². The molecule has 8 rings (SSSR count). The van der Waals surface area contributed by atoms with Crippen LogP contribution in [0.2, 0.25) is 0 Å². The van der Waals surface area contributed by atoms with E-state index in [1.807, 2.05) is 0 Å². The SMILES string of the molecule is CC(=O)N[C@@H]1[C@@H](O[C@@H]2O[C@@H](C)[C@@H](O)[C@@H](O)[C@@H]2O)[C@H](O[C@@H]2O[C@H](CO)[C@H](O)[C@H](O[C@@H]3O[C@H](CO)[C@@H](O[C@@H]4O[C@H](CO)[C@H](O)[C@H](O[C@@H]5O[C@H](CO)[C@@H](O[C@@H]6O[C@H](CO)[C@H](O)[C@H](O[C@]7(C(=O)O)C[C@H](O)[C@@H](NC(C)=O)[C@H]([C@H](O)[C@H](O)CO)O7)[C@H]6O)[C@H](O)[C@H]5NC(C)=O)[C@H]4O)[C@H](O)[C@H]3NC(C)=O)[C@H]2O)[C@@H](CO)O[C@H]1O. The molecule has 0 aromatic rings. The molecule has 612 valence electrons. The highest BCUT2D eigenvalue weighted by molar-refractivity contribution is 5.77. The van der Waals surface area contributed by atoms with Crippen LogP contribution in [0.4, 0.5) is 0 Å². The normalized spacial score (nSPS) is 47.2. The van der Waals surface area contributed by atoms with Gasteiger partial charge in [0.1, 0.15) is 183 Å². The molecule has 0 radical (unpaired) electrons. The molecule has 0 aliphatic carbocycles. The maximum absolute atomic E-state index is 13.1. The predicted octanol–water partition coefficient (Wildman–Crippen LogP) is -17.6. The fourth-order valence-corrected chi connectivity index (χ4v) is 13.7. The summed E-state index contributed by atoms with van der Waals surface area (Å²) in [5.41, 5.74) is 0. The lowest BCUT2D eigenvalue weighted by atomic mass is 9.88. The number of nitrogens with one attached hydrogen (secondary N) is 4. The lowest BCUT2D eigenvalue weighted by molar-refractivity contribution is -0.392. The zero-order chi connectivity index (χ0) is 78.6. The number of aliphatic hydroxyl groups excluding tert-OH is 22. The molecule has 0 spiro atoms. The van der Waals surface area contributed by atoms with Crippen LogP contribution in [0.25, 0.3) is 0 Å². The van der Waals surface area contributed by atoms with Gasteiger partial charge >= 0.3 is 5.97 Å². The van der Waals surface area contributed by atoms with E-state index < -0.39 is 333 Å². The van der Waals surface area contributed by atoms with Crippen LogP contribution in [0.5, 0.6) is 0 Å². The summed E-state index contributed by atoms with van der Waals surface area (Å²) in [5, 5.41) is 263. The third-order valence-electron chi connectivity index (χ3n) is 19.2. The van der Waals surface area contributed by atoms with Crippen LogP contribution in [0.15, 0.2) is 0 Å². The average Bonchev–Trinajstić information content (AvgIpc) is 0.743. The summed E-state index contributed by atoms with van der Waals surface area (Å²) in [5.74, 6) is -8.96. The molecule has 8 fully saturated rings. The van der Waals surface area contributed by atoms with E-state index in [0.29, 0.717) is 0 Å². The minimum Gasteiger partial charge on any atom is -0.477 e. The van der Waals surface area contributed by atoms with Gasteiger partial charge in [-0.05, 0) is 6.92 Å². The van der Waals surface area contributed by atoms with Gasteiger partial charge < -0.3 is 210 Å². The summed E-state index contributed by atoms with van der Waals surface area (Å²) in [6.07, 6.45) is -75.2. The number of carbonyl (C=O) groups excluding carboxylic acids is 4. The number of aliphatic carboxylic acids is 1. The molecule has 0 saturated carbocycles. The third-order valence-corrected chi connectivity index (χ3v) is 19.2. The predicted molar refractivity (Wildman–Crippen MR) is 327 cm³/mol. The Morgan fingerprint density at radius 1 is 0.387 bits per heavy atom. The second kappa shape index (κ2) is 37.5. The number of hydrogen-bond donors (Lipinski definition) is 27. The first-order valence-corrected chi connectivity index (χ1v) is 33.6. The molecule has 0 bridgehead atoms. The van der Waals surface area contributed by atoms with Gasteiger partial charge in [0.2, 0.25) is 23.6 Å². The van der Waals surface area contributed by atoms with E-state index in [4.69, 9.17) is 71.1 Å². The second-order valence-corrected chi connectivity index (χ2v) is 26.7. The van der Waals surface area contributed by atoms with E-state index in [1.165, 1.54) is 6.92 Å². The Hall–Kier alpha value is -4.13. The first kappa shape index (κ1) is 87.4. The number of rotatable bonds is 28. The van der Waals surface area contributed by atoms with Gasteiger partial charge in [-0.15, -0.1) is 0 Å². The van der Waals surface area contributed by atoms with E-state index >= 15 is 0 Å². The summed E-state index contributed by atoms with van der Waals surface area (Å²) in [7, 11) is 0. The van der Waals surface area contributed by atoms with Crippen LogP contribution >= 0.6 is 0 Å². The van der Waals surface area contributed by atoms with E-state index in [-0.39, 0.29) is 0 Å². The summed E-state index contributed by atoms with van der Waals surface area (Å²) >= 11 is 0. The number of carbonyl (C=O) groups is 5. The van der Waals surface area contributed by atoms with Gasteiger partial charge in [-0.3, -0.25) is 19.2 Å². The summed E-state index contributed by atoms with van der Waals surface area (Å²) < 4.78 is 87.7. The maximum Gasteiger partial charge on any atom is 0.364 e. The van der Waals surface area contributed by atoms with Gasteiger partial charge in [-0.25, -0.2) is 4.79 Å². The lowest BCUT2D eigenvalue weighted by Crippen LogP contribution is -2.71. The number of aliphatic hydroxyl groups is 22. The highest BCUT2D eigenvalue weighted by atomic mass is 16.8. The van der Waals surface area contributed by atoms with Gasteiger partial charge in [0.25, 0.3) is 5.79 Å². The van der Waals surface area contributed by atoms with Crippen molar-refractivity contribution < 1.29 is 212 Å². The Balaban J connectivity index is 1.01. The minimum atomic E-state index is -3.25. The molecular weight excluding hydrogens is 1450 g/mol. The van der Waals surface area contributed by atoms with E-state index in [2.05, 4.69) is 21.3 Å². The highest BCUT2D eigenvalue weighted by Gasteiger charge is 2.63. The van der Waals surface area contributed by atoms with Gasteiger partial charge in [0.05, 0.1) is 64.5 Å². The molecule has 8 saturated heterocycles. The van der Waals surface area contributed by atoms with E-state index in [9.17, 15) is 141 Å². The van der Waals surface area contributed by atoms with Gasteiger partial charge in [-0.1, -0.05) is 0 Å². The van der Waals surface area contributed by atoms with Gasteiger partial charge in [-0.2, -0.15) is 0 Å². The van der Waals surface area contributed by atoms with Crippen LogP contribution in [0.3, 0.4) is 0 Å². The van der Waals surface area contributed by atoms with Crippen LogP contribution in [-0.2, 0) is 95.0 Å². The molecule has 0 aromatic carbocycles. The molecule has 8 aliphatic rings. The van der Waals surface area contributed by atoms with Crippen LogP contribution in [0, 0.1) is 0 Å². The summed E-state index contributed by atoms with van der Waals surface area (Å²) in [6.45, 7) is -2.85. The fourth-order valence-electron chi connectivity index (χ4n) is 13.7. The zero-order valence-electron chi connectivity index (χ0n) is 57.2. The summed E-state index contributed by atoms with van der Waals surface area (Å²) in [6, 6.07) is -7.32. The van der Waals surface area contributed by atoms with Crippen molar-refractivity contribution in [1.82, 2.24) is 21.3 Å². The number of hydrogen-bond acceptors (Lipinski definition) is 42. The van der Waals surface area contributed by atoms with Gasteiger partial charge in [0, 0.05) is 34.1 Å². The molecule has 0 aromatic heterocycles. The van der Waals surface area contributed by atoms with Crippen LogP contribution in [-0.4, -0.2) is 444 Å². The van der Waals surface area contributed by atoms with Crippen molar-refractivity contribution in [2.24, 2.45) is 0 Å². The molecule has 8 heterocycles.